The topological polar surface area (TPSA) is 95.0 Å². The Balaban J connectivity index is 2.50. The number of carbonyl (C=O) groups is 2. The van der Waals surface area contributed by atoms with Crippen LogP contribution in [0.2, 0.25) is 0 Å². The lowest BCUT2D eigenvalue weighted by Crippen LogP contribution is -2.49. The summed E-state index contributed by atoms with van der Waals surface area (Å²) in [4.78, 5) is 41.8. The fraction of sp³-hybridized carbons (Fsp3) is 0.375. The molecular weight excluding hydrogens is 282 g/mol. The minimum absolute atomic E-state index is 0.0387. The summed E-state index contributed by atoms with van der Waals surface area (Å²) in [5.74, 6) is -1.84. The Hall–Kier alpha value is -2.50. The molecular formula is C16H17N3O3. The summed E-state index contributed by atoms with van der Waals surface area (Å²) in [5, 5.41) is -0.0878. The van der Waals surface area contributed by atoms with E-state index in [0.717, 1.165) is 0 Å². The highest BCUT2D eigenvalue weighted by Gasteiger charge is 2.41. The lowest BCUT2D eigenvalue weighted by Gasteiger charge is -2.34. The van der Waals surface area contributed by atoms with Gasteiger partial charge in [0.1, 0.15) is 17.1 Å². The van der Waals surface area contributed by atoms with E-state index < -0.39 is 55.1 Å². The van der Waals surface area contributed by atoms with Gasteiger partial charge >= 0.3 is 0 Å². The Bertz CT molecular complexity index is 1010. The summed E-state index contributed by atoms with van der Waals surface area (Å²) < 4.78 is 40.0. The standard InChI is InChI=1S/C16H17N3O3/c1-9-18-12-5-3-4-11(17)14(12)15(22)19(9)16(2)7-6-10(20)8-13(16)21/h3-5H,6-8,17H2,1-2H3/i1D2,2D3. The molecule has 1 heterocycles. The van der Waals surface area contributed by atoms with Crippen molar-refractivity contribution in [2.45, 2.75) is 38.5 Å². The van der Waals surface area contributed by atoms with Gasteiger partial charge in [0.25, 0.3) is 5.56 Å². The zero-order valence-corrected chi connectivity index (χ0v) is 11.6. The van der Waals surface area contributed by atoms with Crippen LogP contribution < -0.4 is 11.3 Å². The van der Waals surface area contributed by atoms with Crippen LogP contribution in [0.3, 0.4) is 0 Å². The van der Waals surface area contributed by atoms with Crippen LogP contribution in [-0.4, -0.2) is 21.1 Å². The molecule has 2 N–H and O–H groups in total. The summed E-state index contributed by atoms with van der Waals surface area (Å²) in [6.45, 7) is -4.81. The number of nitrogens with zero attached hydrogens (tertiary/aromatic N) is 2. The number of aromatic nitrogens is 2. The van der Waals surface area contributed by atoms with Gasteiger partial charge in [-0.05, 0) is 32.3 Å². The highest BCUT2D eigenvalue weighted by Crippen LogP contribution is 2.30. The van der Waals surface area contributed by atoms with Gasteiger partial charge in [-0.25, -0.2) is 4.98 Å². The van der Waals surface area contributed by atoms with Crippen LogP contribution in [-0.2, 0) is 15.1 Å². The Kier molecular flexibility index (Phi) is 2.06. The molecule has 1 aliphatic carbocycles. The van der Waals surface area contributed by atoms with Crippen molar-refractivity contribution in [3.05, 3.63) is 34.4 Å². The molecule has 0 spiro atoms. The number of fused-ring (bicyclic) bond motifs is 1. The lowest BCUT2D eigenvalue weighted by molar-refractivity contribution is -0.136. The minimum atomic E-state index is -2.99. The molecule has 0 radical (unpaired) electrons. The third-order valence-corrected chi connectivity index (χ3v) is 3.92. The van der Waals surface area contributed by atoms with Crippen LogP contribution in [0.5, 0.6) is 0 Å². The first-order valence-electron chi connectivity index (χ1n) is 9.37. The van der Waals surface area contributed by atoms with Gasteiger partial charge in [0, 0.05) is 19.0 Å². The van der Waals surface area contributed by atoms with Crippen molar-refractivity contribution < 1.29 is 16.4 Å². The summed E-state index contributed by atoms with van der Waals surface area (Å²) in [7, 11) is 0. The lowest BCUT2D eigenvalue weighted by atomic mass is 9.81. The van der Waals surface area contributed by atoms with E-state index in [-0.39, 0.29) is 23.0 Å². The molecule has 6 nitrogen and oxygen atoms in total. The molecule has 2 aromatic rings. The number of anilines is 1. The van der Waals surface area contributed by atoms with Crippen molar-refractivity contribution in [2.75, 3.05) is 5.73 Å². The fourth-order valence-electron chi connectivity index (χ4n) is 2.75. The highest BCUT2D eigenvalue weighted by atomic mass is 16.2. The van der Waals surface area contributed by atoms with Gasteiger partial charge in [-0.1, -0.05) is 6.07 Å². The quantitative estimate of drug-likeness (QED) is 0.633. The smallest absolute Gasteiger partial charge is 0.264 e. The Labute approximate surface area is 134 Å². The SMILES string of the molecule is [2H]C([2H])c1nc2cccc(N)c2c(=O)n1C1(C([2H])([2H])[2H])CCC(=O)CC1=O. The molecule has 22 heavy (non-hydrogen) atoms. The van der Waals surface area contributed by atoms with Crippen molar-refractivity contribution in [1.29, 1.82) is 0 Å². The van der Waals surface area contributed by atoms with E-state index >= 15 is 0 Å². The van der Waals surface area contributed by atoms with Crippen LogP contribution in [0.1, 0.15) is 38.8 Å². The molecule has 1 atom stereocenters. The molecule has 6 heteroatoms. The summed E-state index contributed by atoms with van der Waals surface area (Å²) in [6, 6.07) is 4.42. The van der Waals surface area contributed by atoms with Gasteiger partial charge in [0.05, 0.1) is 17.3 Å². The Morgan fingerprint density at radius 1 is 1.36 bits per heavy atom. The van der Waals surface area contributed by atoms with Crippen molar-refractivity contribution in [2.24, 2.45) is 0 Å². The van der Waals surface area contributed by atoms with Gasteiger partial charge < -0.3 is 5.73 Å². The van der Waals surface area contributed by atoms with E-state index in [1.807, 2.05) is 0 Å². The molecule has 1 saturated carbocycles. The summed E-state index contributed by atoms with van der Waals surface area (Å²) >= 11 is 0. The third-order valence-electron chi connectivity index (χ3n) is 3.92. The predicted octanol–water partition coefficient (Wildman–Crippen LogP) is 1.32. The zero-order chi connectivity index (χ0) is 20.1. The number of nitrogens with two attached hydrogens (primary N) is 1. The molecule has 3 rings (SSSR count). The van der Waals surface area contributed by atoms with E-state index in [0.29, 0.717) is 4.57 Å². The molecule has 1 fully saturated rings. The fourth-order valence-corrected chi connectivity index (χ4v) is 2.75. The van der Waals surface area contributed by atoms with E-state index in [4.69, 9.17) is 12.6 Å². The number of aryl methyl sites for hydroxylation is 1. The summed E-state index contributed by atoms with van der Waals surface area (Å²) in [6.07, 6.45) is -1.27. The maximum atomic E-state index is 13.2. The van der Waals surface area contributed by atoms with Crippen LogP contribution in [0.15, 0.2) is 23.0 Å². The van der Waals surface area contributed by atoms with Crippen LogP contribution in [0.4, 0.5) is 5.69 Å². The van der Waals surface area contributed by atoms with Gasteiger partial charge in [-0.3, -0.25) is 19.0 Å². The second-order valence-electron chi connectivity index (χ2n) is 5.35. The highest BCUT2D eigenvalue weighted by molar-refractivity contribution is 6.05. The Morgan fingerprint density at radius 3 is 2.86 bits per heavy atom. The van der Waals surface area contributed by atoms with E-state index in [1.54, 1.807) is 0 Å². The van der Waals surface area contributed by atoms with Gasteiger partial charge in [-0.2, -0.15) is 0 Å². The molecule has 114 valence electrons. The average molecular weight is 304 g/mol. The van der Waals surface area contributed by atoms with Crippen LogP contribution in [0.25, 0.3) is 10.9 Å². The normalized spacial score (nSPS) is 26.3. The molecule has 0 bridgehead atoms. The third kappa shape index (κ3) is 1.94. The van der Waals surface area contributed by atoms with Gasteiger partial charge in [0.2, 0.25) is 0 Å². The maximum Gasteiger partial charge on any atom is 0.264 e. The number of hydrogen-bond donors (Lipinski definition) is 1. The van der Waals surface area contributed by atoms with Gasteiger partial charge in [0.15, 0.2) is 5.78 Å². The van der Waals surface area contributed by atoms with Crippen LogP contribution >= 0.6 is 0 Å². The number of hydrogen-bond acceptors (Lipinski definition) is 5. The molecule has 1 aliphatic rings. The largest absolute Gasteiger partial charge is 0.398 e. The first-order chi connectivity index (χ1) is 12.5. The number of Topliss-reactive ketones (excluding diaryl/α,β-unsaturated/α-hetero) is 2. The molecule has 0 saturated heterocycles. The molecule has 1 unspecified atom stereocenters. The van der Waals surface area contributed by atoms with E-state index in [9.17, 15) is 14.4 Å². The second-order valence-corrected chi connectivity index (χ2v) is 5.35. The monoisotopic (exact) mass is 304 g/mol. The van der Waals surface area contributed by atoms with Crippen molar-refractivity contribution >= 4 is 28.2 Å². The van der Waals surface area contributed by atoms with Crippen molar-refractivity contribution in [3.63, 3.8) is 0 Å². The number of benzene rings is 1. The minimum Gasteiger partial charge on any atom is -0.398 e. The van der Waals surface area contributed by atoms with Crippen LogP contribution in [0, 0.1) is 6.88 Å². The summed E-state index contributed by atoms with van der Waals surface area (Å²) in [5.41, 5.74) is 2.74. The number of carbonyl (C=O) groups excluding carboxylic acids is 2. The molecule has 0 aliphatic heterocycles. The van der Waals surface area contributed by atoms with E-state index in [2.05, 4.69) is 4.98 Å². The first kappa shape index (κ1) is 9.50. The zero-order valence-electron chi connectivity index (χ0n) is 16.6. The average Bonchev–Trinajstić information content (AvgIpc) is 2.54. The molecule has 0 amide bonds. The van der Waals surface area contributed by atoms with Crippen molar-refractivity contribution in [1.82, 2.24) is 9.55 Å². The number of rotatable bonds is 1. The predicted molar refractivity (Wildman–Crippen MR) is 82.7 cm³/mol. The number of nitrogen functional groups attached to an aromatic ring is 1. The van der Waals surface area contributed by atoms with Gasteiger partial charge in [-0.15, -0.1) is 0 Å². The molecule has 1 aromatic carbocycles. The van der Waals surface area contributed by atoms with E-state index in [1.165, 1.54) is 18.2 Å². The Morgan fingerprint density at radius 2 is 2.18 bits per heavy atom. The second kappa shape index (κ2) is 4.76. The maximum absolute atomic E-state index is 13.2. The first-order valence-corrected chi connectivity index (χ1v) is 6.72. The van der Waals surface area contributed by atoms with Crippen molar-refractivity contribution in [3.8, 4) is 0 Å². The molecule has 1 aromatic heterocycles. The number of ketones is 2.